The van der Waals surface area contributed by atoms with Gasteiger partial charge in [0.2, 0.25) is 5.91 Å². The minimum atomic E-state index is -4.63. The number of carboxylic acid groups (broad SMARTS) is 1. The van der Waals surface area contributed by atoms with Crippen molar-refractivity contribution in [3.8, 4) is 5.69 Å². The average molecular weight is 462 g/mol. The first-order chi connectivity index (χ1) is 15.6. The number of hydrogen-bond acceptors (Lipinski definition) is 6. The number of aromatic nitrogens is 3. The van der Waals surface area contributed by atoms with E-state index in [0.29, 0.717) is 5.69 Å². The highest BCUT2D eigenvalue weighted by atomic mass is 19.4. The molecule has 9 nitrogen and oxygen atoms in total. The number of nitrogens with one attached hydrogen (secondary N) is 1. The fraction of sp³-hybridized carbons (Fsp3) is 0.190. The molecule has 0 saturated heterocycles. The number of ether oxygens (including phenoxy) is 1. The lowest BCUT2D eigenvalue weighted by Crippen LogP contribution is -2.19. The van der Waals surface area contributed by atoms with E-state index >= 15 is 0 Å². The molecule has 0 aliphatic rings. The molecular weight excluding hydrogens is 445 g/mol. The van der Waals surface area contributed by atoms with Gasteiger partial charge in [0.15, 0.2) is 5.69 Å². The van der Waals surface area contributed by atoms with Gasteiger partial charge in [0.05, 0.1) is 35.5 Å². The standard InChI is InChI=1S/C21H17F3N4O5/c1-2-33-20(32)12-6-8-14(9-7-12)25-17(29)11-16-18(19(30)31)26-27-28(16)15-5-3-4-13(10-15)21(22,23)24/h3-10H,2,11H2,1H3,(H,25,29)(H,30,31). The van der Waals surface area contributed by atoms with Gasteiger partial charge in [-0.15, -0.1) is 5.10 Å². The van der Waals surface area contributed by atoms with Gasteiger partial charge in [-0.25, -0.2) is 14.3 Å². The van der Waals surface area contributed by atoms with Gasteiger partial charge < -0.3 is 15.2 Å². The molecule has 172 valence electrons. The number of carboxylic acids is 1. The van der Waals surface area contributed by atoms with Crippen LogP contribution < -0.4 is 5.32 Å². The molecule has 0 atom stereocenters. The number of aromatic carboxylic acids is 1. The fourth-order valence-corrected chi connectivity index (χ4v) is 2.91. The lowest BCUT2D eigenvalue weighted by Gasteiger charge is -2.11. The summed E-state index contributed by atoms with van der Waals surface area (Å²) in [5, 5.41) is 19.0. The number of anilines is 1. The minimum absolute atomic E-state index is 0.105. The van der Waals surface area contributed by atoms with Crippen molar-refractivity contribution < 1.29 is 37.4 Å². The molecule has 33 heavy (non-hydrogen) atoms. The summed E-state index contributed by atoms with van der Waals surface area (Å²) in [5.41, 5.74) is -1.27. The Balaban J connectivity index is 1.85. The predicted molar refractivity (Wildman–Crippen MR) is 108 cm³/mol. The third kappa shape index (κ3) is 5.53. The van der Waals surface area contributed by atoms with Crippen molar-refractivity contribution in [2.75, 3.05) is 11.9 Å². The van der Waals surface area contributed by atoms with Crippen molar-refractivity contribution in [2.45, 2.75) is 19.5 Å². The molecule has 3 rings (SSSR count). The van der Waals surface area contributed by atoms with E-state index in [4.69, 9.17) is 4.74 Å². The number of benzene rings is 2. The third-order valence-corrected chi connectivity index (χ3v) is 4.39. The van der Waals surface area contributed by atoms with Gasteiger partial charge in [-0.05, 0) is 49.4 Å². The number of rotatable bonds is 7. The molecular formula is C21H17F3N4O5. The number of amides is 1. The van der Waals surface area contributed by atoms with E-state index in [0.717, 1.165) is 22.9 Å². The normalized spacial score (nSPS) is 11.2. The first-order valence-corrected chi connectivity index (χ1v) is 9.52. The van der Waals surface area contributed by atoms with Crippen molar-refractivity contribution in [2.24, 2.45) is 0 Å². The van der Waals surface area contributed by atoms with Crippen LogP contribution in [0, 0.1) is 0 Å². The fourth-order valence-electron chi connectivity index (χ4n) is 2.91. The second-order valence-corrected chi connectivity index (χ2v) is 6.67. The summed E-state index contributed by atoms with van der Waals surface area (Å²) in [6.45, 7) is 1.87. The number of nitrogens with zero attached hydrogens (tertiary/aromatic N) is 3. The van der Waals surface area contributed by atoms with E-state index in [1.165, 1.54) is 30.3 Å². The Morgan fingerprint density at radius 2 is 1.82 bits per heavy atom. The Morgan fingerprint density at radius 3 is 2.42 bits per heavy atom. The van der Waals surface area contributed by atoms with Gasteiger partial charge in [0.25, 0.3) is 0 Å². The summed E-state index contributed by atoms with van der Waals surface area (Å²) >= 11 is 0. The first-order valence-electron chi connectivity index (χ1n) is 9.52. The number of halogens is 3. The van der Waals surface area contributed by atoms with Crippen LogP contribution in [0.5, 0.6) is 0 Å². The van der Waals surface area contributed by atoms with Gasteiger partial charge in [-0.2, -0.15) is 13.2 Å². The predicted octanol–water partition coefficient (Wildman–Crippen LogP) is 3.34. The van der Waals surface area contributed by atoms with E-state index < -0.39 is 41.7 Å². The maximum Gasteiger partial charge on any atom is 0.416 e. The second kappa shape index (κ2) is 9.51. The van der Waals surface area contributed by atoms with Crippen LogP contribution in [0.2, 0.25) is 0 Å². The molecule has 0 aliphatic heterocycles. The van der Waals surface area contributed by atoms with Crippen molar-refractivity contribution in [1.82, 2.24) is 15.0 Å². The van der Waals surface area contributed by atoms with Crippen LogP contribution in [0.1, 0.15) is 39.0 Å². The third-order valence-electron chi connectivity index (χ3n) is 4.39. The Labute approximate surface area is 184 Å². The summed E-state index contributed by atoms with van der Waals surface area (Å²) in [4.78, 5) is 35.8. The molecule has 2 aromatic carbocycles. The van der Waals surface area contributed by atoms with Crippen LogP contribution in [0.25, 0.3) is 5.69 Å². The lowest BCUT2D eigenvalue weighted by molar-refractivity contribution is -0.137. The molecule has 0 bridgehead atoms. The smallest absolute Gasteiger partial charge is 0.416 e. The zero-order valence-electron chi connectivity index (χ0n) is 17.1. The molecule has 0 spiro atoms. The summed E-state index contributed by atoms with van der Waals surface area (Å²) in [5.74, 6) is -2.69. The van der Waals surface area contributed by atoms with Gasteiger partial charge >= 0.3 is 18.1 Å². The topological polar surface area (TPSA) is 123 Å². The Kier molecular flexibility index (Phi) is 6.75. The highest BCUT2D eigenvalue weighted by Gasteiger charge is 2.31. The molecule has 1 amide bonds. The average Bonchev–Trinajstić information content (AvgIpc) is 3.17. The van der Waals surface area contributed by atoms with E-state index in [-0.39, 0.29) is 23.6 Å². The van der Waals surface area contributed by atoms with Crippen LogP contribution in [0.15, 0.2) is 48.5 Å². The van der Waals surface area contributed by atoms with Crippen LogP contribution in [0.3, 0.4) is 0 Å². The molecule has 2 N–H and O–H groups in total. The van der Waals surface area contributed by atoms with E-state index in [2.05, 4.69) is 15.6 Å². The molecule has 1 aromatic heterocycles. The molecule has 3 aromatic rings. The van der Waals surface area contributed by atoms with Gasteiger partial charge in [-0.1, -0.05) is 11.3 Å². The highest BCUT2D eigenvalue weighted by molar-refractivity contribution is 5.95. The number of esters is 1. The zero-order chi connectivity index (χ0) is 24.2. The van der Waals surface area contributed by atoms with Crippen LogP contribution >= 0.6 is 0 Å². The summed E-state index contributed by atoms with van der Waals surface area (Å²) < 4.78 is 44.9. The monoisotopic (exact) mass is 462 g/mol. The van der Waals surface area contributed by atoms with Crippen molar-refractivity contribution >= 4 is 23.5 Å². The highest BCUT2D eigenvalue weighted by Crippen LogP contribution is 2.30. The lowest BCUT2D eigenvalue weighted by atomic mass is 10.1. The largest absolute Gasteiger partial charge is 0.476 e. The number of alkyl halides is 3. The maximum absolute atomic E-state index is 13.1. The summed E-state index contributed by atoms with van der Waals surface area (Å²) in [6, 6.07) is 9.81. The number of hydrogen-bond donors (Lipinski definition) is 2. The molecule has 0 saturated carbocycles. The summed E-state index contributed by atoms with van der Waals surface area (Å²) in [7, 11) is 0. The van der Waals surface area contributed by atoms with E-state index in [1.807, 2.05) is 0 Å². The van der Waals surface area contributed by atoms with Crippen molar-refractivity contribution in [3.05, 3.63) is 71.0 Å². The Hall–Kier alpha value is -4.22. The molecule has 0 radical (unpaired) electrons. The summed E-state index contributed by atoms with van der Waals surface area (Å²) in [6.07, 6.45) is -5.16. The van der Waals surface area contributed by atoms with Gasteiger partial charge in [0, 0.05) is 5.69 Å². The molecule has 0 unspecified atom stereocenters. The molecule has 0 aliphatic carbocycles. The molecule has 12 heteroatoms. The van der Waals surface area contributed by atoms with Crippen LogP contribution in [-0.2, 0) is 22.1 Å². The quantitative estimate of drug-likeness (QED) is 0.516. The van der Waals surface area contributed by atoms with Crippen LogP contribution in [-0.4, -0.2) is 44.6 Å². The van der Waals surface area contributed by atoms with Gasteiger partial charge in [-0.3, -0.25) is 4.79 Å². The van der Waals surface area contributed by atoms with Gasteiger partial charge in [0.1, 0.15) is 0 Å². The molecule has 1 heterocycles. The number of carbonyl (C=O) groups is 3. The van der Waals surface area contributed by atoms with E-state index in [9.17, 15) is 32.7 Å². The maximum atomic E-state index is 13.1. The van der Waals surface area contributed by atoms with Crippen molar-refractivity contribution in [1.29, 1.82) is 0 Å². The Bertz CT molecular complexity index is 1190. The van der Waals surface area contributed by atoms with E-state index in [1.54, 1.807) is 6.92 Å². The molecule has 0 fully saturated rings. The number of carbonyl (C=O) groups excluding carboxylic acids is 2. The first kappa shape index (κ1) is 23.4. The SMILES string of the molecule is CCOC(=O)c1ccc(NC(=O)Cc2c(C(=O)O)nnn2-c2cccc(C(F)(F)F)c2)cc1. The van der Waals surface area contributed by atoms with Crippen LogP contribution in [0.4, 0.5) is 18.9 Å². The zero-order valence-corrected chi connectivity index (χ0v) is 17.1. The second-order valence-electron chi connectivity index (χ2n) is 6.67. The van der Waals surface area contributed by atoms with Crippen molar-refractivity contribution in [3.63, 3.8) is 0 Å². The minimum Gasteiger partial charge on any atom is -0.476 e. The Morgan fingerprint density at radius 1 is 1.12 bits per heavy atom.